The van der Waals surface area contributed by atoms with Crippen molar-refractivity contribution < 1.29 is 18.3 Å². The number of carbonyl (C=O) groups is 1. The molecular weight excluding hydrogens is 541 g/mol. The molecule has 3 aromatic carbocycles. The van der Waals surface area contributed by atoms with Crippen molar-refractivity contribution in [1.29, 1.82) is 5.26 Å². The van der Waals surface area contributed by atoms with Crippen LogP contribution < -0.4 is 0 Å². The molecule has 1 saturated heterocycles. The molecule has 0 N–H and O–H groups in total. The molecule has 1 aliphatic heterocycles. The molecule has 1 heterocycles. The van der Waals surface area contributed by atoms with E-state index in [0.29, 0.717) is 0 Å². The van der Waals surface area contributed by atoms with Crippen LogP contribution in [0.5, 0.6) is 0 Å². The van der Waals surface area contributed by atoms with E-state index in [9.17, 15) is 10.1 Å². The van der Waals surface area contributed by atoms with E-state index in [4.69, 9.17) is 27.9 Å². The summed E-state index contributed by atoms with van der Waals surface area (Å²) >= 11 is 12.3. The van der Waals surface area contributed by atoms with Crippen molar-refractivity contribution in [3.8, 4) is 6.07 Å². The van der Waals surface area contributed by atoms with Crippen LogP contribution in [0.1, 0.15) is 55.9 Å². The van der Waals surface area contributed by atoms with Crippen LogP contribution in [0, 0.1) is 29.9 Å². The van der Waals surface area contributed by atoms with Crippen molar-refractivity contribution in [2.24, 2.45) is 0 Å². The van der Waals surface area contributed by atoms with Gasteiger partial charge in [-0.05, 0) is 63.9 Å². The smallest absolute Gasteiger partial charge is 0.324 e. The summed E-state index contributed by atoms with van der Waals surface area (Å²) in [6.07, 6.45) is 0. The molecule has 204 valence electrons. The van der Waals surface area contributed by atoms with Crippen LogP contribution in [0.2, 0.25) is 10.0 Å². The topological polar surface area (TPSA) is 53.3 Å². The van der Waals surface area contributed by atoms with Crippen molar-refractivity contribution in [1.82, 2.24) is 4.90 Å². The summed E-state index contributed by atoms with van der Waals surface area (Å²) in [4.78, 5) is 15.8. The van der Waals surface area contributed by atoms with Crippen molar-refractivity contribution in [2.75, 3.05) is 0 Å². The van der Waals surface area contributed by atoms with E-state index in [2.05, 4.69) is 6.07 Å². The third-order valence-electron chi connectivity index (χ3n) is 7.29. The van der Waals surface area contributed by atoms with Gasteiger partial charge in [0.1, 0.15) is 28.7 Å². The molecule has 39 heavy (non-hydrogen) atoms. The highest BCUT2D eigenvalue weighted by Gasteiger charge is 2.63. The normalized spacial score (nSPS) is 23.4. The average Bonchev–Trinajstić information content (AvgIpc) is 3.08. The van der Waals surface area contributed by atoms with Gasteiger partial charge in [-0.25, -0.2) is 8.78 Å². The lowest BCUT2D eigenvalue weighted by Gasteiger charge is -2.34. The Morgan fingerprint density at radius 1 is 1.10 bits per heavy atom. The van der Waals surface area contributed by atoms with Crippen molar-refractivity contribution in [2.45, 2.75) is 70.2 Å². The summed E-state index contributed by atoms with van der Waals surface area (Å²) in [7, 11) is 0. The first kappa shape index (κ1) is 29.0. The molecule has 3 aromatic rings. The minimum atomic E-state index is -1.70. The van der Waals surface area contributed by atoms with Gasteiger partial charge in [-0.15, -0.1) is 0 Å². The molecule has 0 saturated carbocycles. The van der Waals surface area contributed by atoms with Crippen LogP contribution in [-0.2, 0) is 21.5 Å². The van der Waals surface area contributed by atoms with Gasteiger partial charge in [0.15, 0.2) is 0 Å². The fourth-order valence-corrected chi connectivity index (χ4v) is 6.05. The van der Waals surface area contributed by atoms with Crippen LogP contribution in [0.3, 0.4) is 0 Å². The Labute approximate surface area is 238 Å². The van der Waals surface area contributed by atoms with E-state index in [1.165, 1.54) is 24.3 Å². The van der Waals surface area contributed by atoms with Gasteiger partial charge in [-0.2, -0.15) is 5.26 Å². The molecule has 4 rings (SSSR count). The number of nitrogens with zero attached hydrogens (tertiary/aromatic N) is 2. The molecule has 0 spiro atoms. The lowest BCUT2D eigenvalue weighted by molar-refractivity contribution is -0.161. The maximum absolute atomic E-state index is 15.8. The minimum Gasteiger partial charge on any atom is -0.459 e. The third-order valence-corrected chi connectivity index (χ3v) is 7.82. The fourth-order valence-electron chi connectivity index (χ4n) is 5.71. The number of hydrogen-bond acceptors (Lipinski definition) is 4. The molecule has 8 heteroatoms. The largest absolute Gasteiger partial charge is 0.459 e. The SMILES string of the molecule is Cc1cccc(CN2C(C(=O)OC(C)(C)C)C(c3cccc(Cl)c3F)C(C#N)(c3ccc(Cl)cc3F)C2C)c1. The van der Waals surface area contributed by atoms with Gasteiger partial charge in [-0.1, -0.05) is 71.2 Å². The standard InChI is InChI=1S/C31H30Cl2F2N2O2/c1-18-8-6-9-20(14-18)16-37-19(2)31(17-36,23-13-12-21(32)15-25(23)34)26(22-10-7-11-24(33)27(22)35)28(37)29(38)39-30(3,4)5/h6-15,19,26,28H,16H2,1-5H3. The second-order valence-electron chi connectivity index (χ2n) is 11.0. The second-order valence-corrected chi connectivity index (χ2v) is 11.9. The highest BCUT2D eigenvalue weighted by molar-refractivity contribution is 6.31. The summed E-state index contributed by atoms with van der Waals surface area (Å²) in [5.41, 5.74) is -0.617. The quantitative estimate of drug-likeness (QED) is 0.294. The molecule has 4 unspecified atom stereocenters. The number of halogens is 4. The number of likely N-dealkylation sites (tertiary alicyclic amines) is 1. The second kappa shape index (κ2) is 10.9. The number of nitriles is 1. The summed E-state index contributed by atoms with van der Waals surface area (Å²) in [5, 5.41) is 10.9. The first-order valence-electron chi connectivity index (χ1n) is 12.6. The van der Waals surface area contributed by atoms with E-state index in [1.807, 2.05) is 36.1 Å². The number of hydrogen-bond donors (Lipinski definition) is 0. The predicted molar refractivity (Wildman–Crippen MR) is 149 cm³/mol. The molecule has 0 aliphatic carbocycles. The molecule has 4 nitrogen and oxygen atoms in total. The van der Waals surface area contributed by atoms with Crippen LogP contribution in [0.15, 0.2) is 60.7 Å². The Hall–Kier alpha value is -2.98. The maximum Gasteiger partial charge on any atom is 0.324 e. The highest BCUT2D eigenvalue weighted by Crippen LogP contribution is 2.55. The summed E-state index contributed by atoms with van der Waals surface area (Å²) in [6.45, 7) is 9.16. The zero-order valence-corrected chi connectivity index (χ0v) is 23.9. The van der Waals surface area contributed by atoms with Gasteiger partial charge < -0.3 is 4.74 Å². The number of aryl methyl sites for hydroxylation is 1. The Bertz CT molecular complexity index is 1450. The Morgan fingerprint density at radius 3 is 2.41 bits per heavy atom. The Morgan fingerprint density at radius 2 is 1.79 bits per heavy atom. The lowest BCUT2D eigenvalue weighted by atomic mass is 9.65. The number of ether oxygens (including phenoxy) is 1. The summed E-state index contributed by atoms with van der Waals surface area (Å²) < 4.78 is 37.3. The van der Waals surface area contributed by atoms with E-state index < -0.39 is 46.6 Å². The van der Waals surface area contributed by atoms with E-state index in [1.54, 1.807) is 33.8 Å². The minimum absolute atomic E-state index is 0.0200. The Balaban J connectivity index is 2.04. The lowest BCUT2D eigenvalue weighted by Crippen LogP contribution is -2.44. The third kappa shape index (κ3) is 5.41. The van der Waals surface area contributed by atoms with E-state index in [0.717, 1.165) is 17.2 Å². The average molecular weight is 571 g/mol. The summed E-state index contributed by atoms with van der Waals surface area (Å²) in [5.74, 6) is -3.29. The fraction of sp³-hybridized carbons (Fsp3) is 0.355. The molecule has 0 radical (unpaired) electrons. The number of carbonyl (C=O) groups excluding carboxylic acids is 1. The number of rotatable bonds is 5. The van der Waals surface area contributed by atoms with Crippen molar-refractivity contribution in [3.05, 3.63) is 105 Å². The van der Waals surface area contributed by atoms with Gasteiger partial charge in [0, 0.05) is 29.1 Å². The monoisotopic (exact) mass is 570 g/mol. The van der Waals surface area contributed by atoms with Crippen molar-refractivity contribution >= 4 is 29.2 Å². The van der Waals surface area contributed by atoms with Crippen molar-refractivity contribution in [3.63, 3.8) is 0 Å². The van der Waals surface area contributed by atoms with Gasteiger partial charge in [0.2, 0.25) is 0 Å². The summed E-state index contributed by atoms with van der Waals surface area (Å²) in [6, 6.07) is 16.7. The molecular formula is C31H30Cl2F2N2O2. The van der Waals surface area contributed by atoms with Crippen LogP contribution in [0.4, 0.5) is 8.78 Å². The molecule has 0 bridgehead atoms. The van der Waals surface area contributed by atoms with Crippen LogP contribution in [0.25, 0.3) is 0 Å². The van der Waals surface area contributed by atoms with Crippen LogP contribution >= 0.6 is 23.2 Å². The van der Waals surface area contributed by atoms with Crippen LogP contribution in [-0.4, -0.2) is 28.6 Å². The molecule has 1 fully saturated rings. The number of benzene rings is 3. The van der Waals surface area contributed by atoms with Gasteiger partial charge >= 0.3 is 5.97 Å². The molecule has 0 amide bonds. The first-order chi connectivity index (χ1) is 18.3. The zero-order chi connectivity index (χ0) is 28.7. The molecule has 4 atom stereocenters. The zero-order valence-electron chi connectivity index (χ0n) is 22.4. The van der Waals surface area contributed by atoms with Gasteiger partial charge in [0.05, 0.1) is 11.1 Å². The number of esters is 1. The molecule has 1 aliphatic rings. The predicted octanol–water partition coefficient (Wildman–Crippen LogP) is 7.74. The molecule has 0 aromatic heterocycles. The first-order valence-corrected chi connectivity index (χ1v) is 13.4. The van der Waals surface area contributed by atoms with E-state index in [-0.39, 0.29) is 27.7 Å². The Kier molecular flexibility index (Phi) is 8.10. The highest BCUT2D eigenvalue weighted by atomic mass is 35.5. The van der Waals surface area contributed by atoms with Gasteiger partial charge in [0.25, 0.3) is 0 Å². The van der Waals surface area contributed by atoms with Gasteiger partial charge in [-0.3, -0.25) is 9.69 Å². The maximum atomic E-state index is 15.8. The van der Waals surface area contributed by atoms with E-state index >= 15 is 8.78 Å².